The molecule has 32 heavy (non-hydrogen) atoms. The highest BCUT2D eigenvalue weighted by molar-refractivity contribution is 5.81. The Hall–Kier alpha value is -2.62. The molecule has 2 fully saturated rings. The molecule has 4 rings (SSSR count). The Bertz CT molecular complexity index is 969. The number of amides is 1. The molecule has 2 aromatic rings. The number of nitrogens with one attached hydrogen (secondary N) is 1. The third-order valence-corrected chi connectivity index (χ3v) is 5.80. The van der Waals surface area contributed by atoms with Gasteiger partial charge in [0.1, 0.15) is 23.3 Å². The third kappa shape index (κ3) is 5.23. The number of hydrogen-bond acceptors (Lipinski definition) is 6. The van der Waals surface area contributed by atoms with Gasteiger partial charge in [-0.25, -0.2) is 13.8 Å². The summed E-state index contributed by atoms with van der Waals surface area (Å²) in [5.74, 6) is -1.06. The fraction of sp³-hybridized carbons (Fsp3) is 0.478. The van der Waals surface area contributed by atoms with Crippen molar-refractivity contribution in [3.63, 3.8) is 0 Å². The number of benzene rings is 1. The van der Waals surface area contributed by atoms with Gasteiger partial charge in [0.2, 0.25) is 11.8 Å². The highest BCUT2D eigenvalue weighted by Gasteiger charge is 2.46. The monoisotopic (exact) mass is 447 g/mol. The van der Waals surface area contributed by atoms with Gasteiger partial charge in [-0.1, -0.05) is 0 Å². The lowest BCUT2D eigenvalue weighted by Gasteiger charge is -2.39. The summed E-state index contributed by atoms with van der Waals surface area (Å²) in [5, 5.41) is 2.70. The Morgan fingerprint density at radius 3 is 2.78 bits per heavy atom. The van der Waals surface area contributed by atoms with Gasteiger partial charge in [-0.15, -0.1) is 0 Å². The summed E-state index contributed by atoms with van der Waals surface area (Å²) in [6, 6.07) is 5.24. The SMILES string of the molecule is COc1ncc(CN2CCOC3(COC(C(=O)NCc4cc(F)cc(F)c4)C3)C2)cc1C. The average Bonchev–Trinajstić information content (AvgIpc) is 3.14. The van der Waals surface area contributed by atoms with E-state index < -0.39 is 23.3 Å². The van der Waals surface area contributed by atoms with Crippen LogP contribution < -0.4 is 10.1 Å². The largest absolute Gasteiger partial charge is 0.481 e. The van der Waals surface area contributed by atoms with Crippen molar-refractivity contribution >= 4 is 5.91 Å². The second kappa shape index (κ2) is 9.48. The topological polar surface area (TPSA) is 72.9 Å². The number of aryl methyl sites for hydroxylation is 1. The van der Waals surface area contributed by atoms with Crippen molar-refractivity contribution in [3.05, 3.63) is 58.8 Å². The van der Waals surface area contributed by atoms with Gasteiger partial charge in [-0.2, -0.15) is 0 Å². The van der Waals surface area contributed by atoms with Gasteiger partial charge in [0.15, 0.2) is 0 Å². The van der Waals surface area contributed by atoms with Gasteiger partial charge >= 0.3 is 0 Å². The van der Waals surface area contributed by atoms with Crippen molar-refractivity contribution in [2.75, 3.05) is 33.4 Å². The van der Waals surface area contributed by atoms with E-state index in [1.54, 1.807) is 7.11 Å². The third-order valence-electron chi connectivity index (χ3n) is 5.80. The van der Waals surface area contributed by atoms with Crippen LogP contribution in [0.5, 0.6) is 5.88 Å². The molecule has 2 aliphatic heterocycles. The molecule has 3 heterocycles. The Morgan fingerprint density at radius 1 is 1.28 bits per heavy atom. The van der Waals surface area contributed by atoms with E-state index in [4.69, 9.17) is 14.2 Å². The van der Waals surface area contributed by atoms with Gasteiger partial charge in [-0.3, -0.25) is 9.69 Å². The van der Waals surface area contributed by atoms with E-state index in [2.05, 4.69) is 21.3 Å². The van der Waals surface area contributed by atoms with E-state index in [1.165, 1.54) is 12.1 Å². The maximum absolute atomic E-state index is 13.3. The molecule has 2 aliphatic rings. The van der Waals surface area contributed by atoms with Gasteiger partial charge in [0, 0.05) is 50.4 Å². The van der Waals surface area contributed by atoms with E-state index >= 15 is 0 Å². The summed E-state index contributed by atoms with van der Waals surface area (Å²) in [4.78, 5) is 19.2. The van der Waals surface area contributed by atoms with Gasteiger partial charge in [0.25, 0.3) is 0 Å². The lowest BCUT2D eigenvalue weighted by Crippen LogP contribution is -2.52. The van der Waals surface area contributed by atoms with E-state index in [1.807, 2.05) is 13.1 Å². The zero-order chi connectivity index (χ0) is 22.7. The molecule has 1 spiro atoms. The van der Waals surface area contributed by atoms with E-state index in [-0.39, 0.29) is 12.5 Å². The van der Waals surface area contributed by atoms with Crippen molar-refractivity contribution in [2.24, 2.45) is 0 Å². The molecule has 172 valence electrons. The highest BCUT2D eigenvalue weighted by atomic mass is 19.1. The minimum Gasteiger partial charge on any atom is -0.481 e. The number of pyridine rings is 1. The maximum Gasteiger partial charge on any atom is 0.249 e. The molecule has 2 saturated heterocycles. The molecule has 0 saturated carbocycles. The van der Waals surface area contributed by atoms with Crippen molar-refractivity contribution in [2.45, 2.75) is 38.1 Å². The first kappa shape index (κ1) is 22.6. The quantitative estimate of drug-likeness (QED) is 0.733. The molecule has 1 aromatic carbocycles. The first-order valence-corrected chi connectivity index (χ1v) is 10.6. The van der Waals surface area contributed by atoms with Gasteiger partial charge < -0.3 is 19.5 Å². The van der Waals surface area contributed by atoms with Crippen LogP contribution >= 0.6 is 0 Å². The van der Waals surface area contributed by atoms with E-state index in [9.17, 15) is 13.6 Å². The number of carbonyl (C=O) groups excluding carboxylic acids is 1. The summed E-state index contributed by atoms with van der Waals surface area (Å²) in [6.07, 6.45) is 1.57. The standard InChI is InChI=1S/C23H27F2N3O4/c1-15-5-17(11-27-22(15)30-2)12-28-3-4-32-23(13-28)9-20(31-14-23)21(29)26-10-16-6-18(24)8-19(25)7-16/h5-8,11,20H,3-4,9-10,12-14H2,1-2H3,(H,26,29). The van der Waals surface area contributed by atoms with E-state index in [0.29, 0.717) is 44.2 Å². The van der Waals surface area contributed by atoms with Crippen LogP contribution in [0.15, 0.2) is 30.5 Å². The number of halogens is 2. The summed E-state index contributed by atoms with van der Waals surface area (Å²) < 4.78 is 43.7. The van der Waals surface area contributed by atoms with Crippen LogP contribution in [0.3, 0.4) is 0 Å². The lowest BCUT2D eigenvalue weighted by atomic mass is 9.97. The summed E-state index contributed by atoms with van der Waals surface area (Å²) in [6.45, 7) is 4.97. The normalized spacial score (nSPS) is 23.4. The Balaban J connectivity index is 1.32. The number of hydrogen-bond donors (Lipinski definition) is 1. The number of morpholine rings is 1. The molecule has 0 aliphatic carbocycles. The van der Waals surface area contributed by atoms with Crippen molar-refractivity contribution in [1.82, 2.24) is 15.2 Å². The van der Waals surface area contributed by atoms with Crippen molar-refractivity contribution < 1.29 is 27.8 Å². The smallest absolute Gasteiger partial charge is 0.249 e. The van der Waals surface area contributed by atoms with Gasteiger partial charge in [-0.05, 0) is 36.2 Å². The first-order chi connectivity index (χ1) is 15.4. The maximum atomic E-state index is 13.3. The van der Waals surface area contributed by atoms with Crippen LogP contribution in [0.1, 0.15) is 23.1 Å². The zero-order valence-corrected chi connectivity index (χ0v) is 18.2. The molecule has 0 radical (unpaired) electrons. The molecular weight excluding hydrogens is 420 g/mol. The summed E-state index contributed by atoms with van der Waals surface area (Å²) in [5.41, 5.74) is 1.86. The highest BCUT2D eigenvalue weighted by Crippen LogP contribution is 2.32. The van der Waals surface area contributed by atoms with Crippen LogP contribution in [-0.4, -0.2) is 60.9 Å². The number of aromatic nitrogens is 1. The average molecular weight is 447 g/mol. The number of rotatable bonds is 6. The van der Waals surface area contributed by atoms with Crippen LogP contribution in [0, 0.1) is 18.6 Å². The van der Waals surface area contributed by atoms with Crippen LogP contribution in [-0.2, 0) is 27.4 Å². The molecule has 2 unspecified atom stereocenters. The molecule has 9 heteroatoms. The zero-order valence-electron chi connectivity index (χ0n) is 18.2. The molecule has 1 aromatic heterocycles. The van der Waals surface area contributed by atoms with Crippen molar-refractivity contribution in [3.8, 4) is 5.88 Å². The number of ether oxygens (including phenoxy) is 3. The lowest BCUT2D eigenvalue weighted by molar-refractivity contribution is -0.130. The summed E-state index contributed by atoms with van der Waals surface area (Å²) >= 11 is 0. The molecule has 7 nitrogen and oxygen atoms in total. The number of methoxy groups -OCH3 is 1. The predicted molar refractivity (Wildman–Crippen MR) is 112 cm³/mol. The predicted octanol–water partition coefficient (Wildman–Crippen LogP) is 2.35. The second-order valence-electron chi connectivity index (χ2n) is 8.41. The molecule has 2 atom stereocenters. The van der Waals surface area contributed by atoms with Crippen molar-refractivity contribution in [1.29, 1.82) is 0 Å². The minimum absolute atomic E-state index is 0.0250. The van der Waals surface area contributed by atoms with Crippen LogP contribution in [0.25, 0.3) is 0 Å². The van der Waals surface area contributed by atoms with Gasteiger partial charge in [0.05, 0.1) is 20.3 Å². The number of nitrogens with zero attached hydrogens (tertiary/aromatic N) is 2. The van der Waals surface area contributed by atoms with Crippen LogP contribution in [0.4, 0.5) is 8.78 Å². The Labute approximate surface area is 185 Å². The summed E-state index contributed by atoms with van der Waals surface area (Å²) in [7, 11) is 1.60. The Morgan fingerprint density at radius 2 is 2.06 bits per heavy atom. The first-order valence-electron chi connectivity index (χ1n) is 10.6. The van der Waals surface area contributed by atoms with Crippen LogP contribution in [0.2, 0.25) is 0 Å². The molecular formula is C23H27F2N3O4. The number of carbonyl (C=O) groups is 1. The molecule has 1 amide bonds. The fourth-order valence-corrected chi connectivity index (χ4v) is 4.34. The molecule has 0 bridgehead atoms. The van der Waals surface area contributed by atoms with E-state index in [0.717, 1.165) is 23.7 Å². The minimum atomic E-state index is -0.678. The Kier molecular flexibility index (Phi) is 6.68. The second-order valence-corrected chi connectivity index (χ2v) is 8.41. The molecule has 1 N–H and O–H groups in total. The fourth-order valence-electron chi connectivity index (χ4n) is 4.34.